The van der Waals surface area contributed by atoms with Crippen molar-refractivity contribution in [3.8, 4) is 0 Å². The van der Waals surface area contributed by atoms with Gasteiger partial charge in [-0.15, -0.1) is 24.0 Å². The van der Waals surface area contributed by atoms with Crippen LogP contribution in [0.2, 0.25) is 0 Å². The maximum Gasteiger partial charge on any atom is 0.191 e. The molecule has 1 aliphatic carbocycles. The van der Waals surface area contributed by atoms with Crippen molar-refractivity contribution < 1.29 is 4.74 Å². The van der Waals surface area contributed by atoms with E-state index in [1.165, 1.54) is 24.1 Å². The van der Waals surface area contributed by atoms with E-state index in [2.05, 4.69) is 43.4 Å². The molecule has 1 aliphatic rings. The van der Waals surface area contributed by atoms with Crippen molar-refractivity contribution in [2.75, 3.05) is 26.8 Å². The molecule has 26 heavy (non-hydrogen) atoms. The van der Waals surface area contributed by atoms with E-state index in [0.717, 1.165) is 44.2 Å². The number of hydrogen-bond acceptors (Lipinski definition) is 3. The molecule has 7 heteroatoms. The van der Waals surface area contributed by atoms with Gasteiger partial charge in [-0.2, -0.15) is 5.10 Å². The fourth-order valence-electron chi connectivity index (χ4n) is 3.25. The Kier molecular flexibility index (Phi) is 9.36. The fourth-order valence-corrected chi connectivity index (χ4v) is 3.25. The molecule has 1 atom stereocenters. The number of nitrogens with one attached hydrogen (secondary N) is 2. The molecule has 0 amide bonds. The van der Waals surface area contributed by atoms with E-state index in [1.54, 1.807) is 7.11 Å². The van der Waals surface area contributed by atoms with Crippen molar-refractivity contribution in [2.24, 2.45) is 17.5 Å². The zero-order valence-electron chi connectivity index (χ0n) is 17.2. The van der Waals surface area contributed by atoms with Crippen LogP contribution in [0.5, 0.6) is 0 Å². The van der Waals surface area contributed by atoms with Crippen molar-refractivity contribution in [1.29, 1.82) is 0 Å². The number of rotatable bonds is 9. The standard InChI is InChI=1S/C19H35N5O.HI/c1-7-20-18(21-13-19(8-9-19)10-11-25-6)22-14(2)12-17-15(3)23-24(5)16(17)4;/h14H,7-13H2,1-6H3,(H2,20,21,22);1H. The predicted molar refractivity (Wildman–Crippen MR) is 119 cm³/mol. The van der Waals surface area contributed by atoms with E-state index < -0.39 is 0 Å². The summed E-state index contributed by atoms with van der Waals surface area (Å²) in [5.41, 5.74) is 4.06. The number of aryl methyl sites for hydroxylation is 2. The lowest BCUT2D eigenvalue weighted by molar-refractivity contribution is 0.174. The first-order valence-corrected chi connectivity index (χ1v) is 9.43. The Balaban J connectivity index is 0.00000338. The van der Waals surface area contributed by atoms with Gasteiger partial charge in [-0.1, -0.05) is 0 Å². The second-order valence-electron chi connectivity index (χ2n) is 7.46. The van der Waals surface area contributed by atoms with Gasteiger partial charge in [-0.05, 0) is 64.4 Å². The summed E-state index contributed by atoms with van der Waals surface area (Å²) in [4.78, 5) is 4.85. The molecule has 0 aliphatic heterocycles. The lowest BCUT2D eigenvalue weighted by Gasteiger charge is -2.19. The van der Waals surface area contributed by atoms with E-state index in [0.29, 0.717) is 11.5 Å². The van der Waals surface area contributed by atoms with Gasteiger partial charge >= 0.3 is 0 Å². The number of guanidine groups is 1. The molecule has 150 valence electrons. The molecule has 1 unspecified atom stereocenters. The molecule has 0 radical (unpaired) electrons. The zero-order valence-corrected chi connectivity index (χ0v) is 19.5. The maximum absolute atomic E-state index is 5.24. The van der Waals surface area contributed by atoms with Gasteiger partial charge in [0.15, 0.2) is 5.96 Å². The van der Waals surface area contributed by atoms with Crippen LogP contribution in [0.1, 0.15) is 50.1 Å². The van der Waals surface area contributed by atoms with Gasteiger partial charge in [-0.25, -0.2) is 0 Å². The summed E-state index contributed by atoms with van der Waals surface area (Å²) in [7, 11) is 3.78. The van der Waals surface area contributed by atoms with Crippen LogP contribution in [0.3, 0.4) is 0 Å². The maximum atomic E-state index is 5.24. The average molecular weight is 477 g/mol. The first kappa shape index (κ1) is 23.2. The highest BCUT2D eigenvalue weighted by Crippen LogP contribution is 2.48. The second kappa shape index (κ2) is 10.5. The normalized spacial score (nSPS) is 16.8. The fraction of sp³-hybridized carbons (Fsp3) is 0.789. The summed E-state index contributed by atoms with van der Waals surface area (Å²) >= 11 is 0. The van der Waals surface area contributed by atoms with Gasteiger partial charge in [0.2, 0.25) is 0 Å². The Morgan fingerprint density at radius 1 is 1.38 bits per heavy atom. The number of aromatic nitrogens is 2. The van der Waals surface area contributed by atoms with Crippen LogP contribution >= 0.6 is 24.0 Å². The van der Waals surface area contributed by atoms with Crippen LogP contribution in [-0.4, -0.2) is 48.6 Å². The smallest absolute Gasteiger partial charge is 0.191 e. The highest BCUT2D eigenvalue weighted by atomic mass is 127. The molecule has 0 bridgehead atoms. The van der Waals surface area contributed by atoms with Crippen LogP contribution in [0, 0.1) is 19.3 Å². The lowest BCUT2D eigenvalue weighted by atomic mass is 10.0. The number of hydrogen-bond donors (Lipinski definition) is 2. The van der Waals surface area contributed by atoms with Crippen molar-refractivity contribution in [3.63, 3.8) is 0 Å². The third-order valence-corrected chi connectivity index (χ3v) is 5.26. The van der Waals surface area contributed by atoms with E-state index >= 15 is 0 Å². The van der Waals surface area contributed by atoms with Gasteiger partial charge in [-0.3, -0.25) is 9.67 Å². The summed E-state index contributed by atoms with van der Waals surface area (Å²) < 4.78 is 7.20. The molecule has 0 aromatic carbocycles. The largest absolute Gasteiger partial charge is 0.385 e. The van der Waals surface area contributed by atoms with Crippen molar-refractivity contribution in [2.45, 2.75) is 59.4 Å². The number of ether oxygens (including phenoxy) is 1. The summed E-state index contributed by atoms with van der Waals surface area (Å²) in [6, 6.07) is 0.300. The van der Waals surface area contributed by atoms with Gasteiger partial charge in [0.25, 0.3) is 0 Å². The topological polar surface area (TPSA) is 63.5 Å². The molecule has 0 spiro atoms. The first-order chi connectivity index (χ1) is 11.9. The number of halogens is 1. The second-order valence-corrected chi connectivity index (χ2v) is 7.46. The molecule has 1 fully saturated rings. The summed E-state index contributed by atoms with van der Waals surface area (Å²) in [6.07, 6.45) is 4.59. The minimum atomic E-state index is 0. The zero-order chi connectivity index (χ0) is 18.4. The lowest BCUT2D eigenvalue weighted by Crippen LogP contribution is -2.43. The number of aliphatic imine (C=N–C) groups is 1. The van der Waals surface area contributed by atoms with Crippen molar-refractivity contribution >= 4 is 29.9 Å². The van der Waals surface area contributed by atoms with E-state index in [9.17, 15) is 0 Å². The Morgan fingerprint density at radius 2 is 2.08 bits per heavy atom. The Hall–Kier alpha value is -0.830. The molecule has 1 saturated carbocycles. The molecule has 0 saturated heterocycles. The third-order valence-electron chi connectivity index (χ3n) is 5.26. The predicted octanol–water partition coefficient (Wildman–Crippen LogP) is 2.96. The first-order valence-electron chi connectivity index (χ1n) is 9.43. The Bertz CT molecular complexity index is 595. The molecule has 1 aromatic rings. The molecular weight excluding hydrogens is 441 g/mol. The Morgan fingerprint density at radius 3 is 2.58 bits per heavy atom. The molecule has 1 heterocycles. The number of methoxy groups -OCH3 is 1. The van der Waals surface area contributed by atoms with Gasteiger partial charge in [0.1, 0.15) is 0 Å². The minimum absolute atomic E-state index is 0. The molecule has 2 N–H and O–H groups in total. The molecule has 6 nitrogen and oxygen atoms in total. The van der Waals surface area contributed by atoms with Gasteiger partial charge in [0.05, 0.1) is 5.69 Å². The van der Waals surface area contributed by atoms with Crippen LogP contribution in [0.25, 0.3) is 0 Å². The summed E-state index contributed by atoms with van der Waals surface area (Å²) in [5, 5.41) is 11.4. The molecular formula is C19H36IN5O. The average Bonchev–Trinajstić information content (AvgIpc) is 3.30. The molecule has 2 rings (SSSR count). The van der Waals surface area contributed by atoms with Crippen LogP contribution in [0.15, 0.2) is 4.99 Å². The number of nitrogens with zero attached hydrogens (tertiary/aromatic N) is 3. The van der Waals surface area contributed by atoms with Crippen LogP contribution in [0.4, 0.5) is 0 Å². The monoisotopic (exact) mass is 477 g/mol. The van der Waals surface area contributed by atoms with Gasteiger partial charge in [0, 0.05) is 45.6 Å². The minimum Gasteiger partial charge on any atom is -0.385 e. The molecule has 1 aromatic heterocycles. The van der Waals surface area contributed by atoms with E-state index in [1.807, 2.05) is 11.7 Å². The highest BCUT2D eigenvalue weighted by molar-refractivity contribution is 14.0. The van der Waals surface area contributed by atoms with Crippen LogP contribution in [-0.2, 0) is 18.2 Å². The SMILES string of the molecule is CCNC(=NCC1(CCOC)CC1)NC(C)Cc1c(C)nn(C)c1C.I. The highest BCUT2D eigenvalue weighted by Gasteiger charge is 2.41. The van der Waals surface area contributed by atoms with Gasteiger partial charge < -0.3 is 15.4 Å². The van der Waals surface area contributed by atoms with Crippen molar-refractivity contribution in [3.05, 3.63) is 17.0 Å². The third kappa shape index (κ3) is 6.40. The van der Waals surface area contributed by atoms with Crippen LogP contribution < -0.4 is 10.6 Å². The van der Waals surface area contributed by atoms with Crippen molar-refractivity contribution in [1.82, 2.24) is 20.4 Å². The van der Waals surface area contributed by atoms with E-state index in [-0.39, 0.29) is 24.0 Å². The quantitative estimate of drug-likeness (QED) is 0.326. The summed E-state index contributed by atoms with van der Waals surface area (Å²) in [5.74, 6) is 0.915. The van der Waals surface area contributed by atoms with E-state index in [4.69, 9.17) is 9.73 Å². The Labute approximate surface area is 175 Å². The summed E-state index contributed by atoms with van der Waals surface area (Å²) in [6.45, 7) is 11.1.